The molecule has 0 aliphatic carbocycles. The van der Waals surface area contributed by atoms with Crippen LogP contribution in [-0.4, -0.2) is 16.7 Å². The number of nitrogens with zero attached hydrogens (tertiary/aromatic N) is 2. The Morgan fingerprint density at radius 1 is 1.58 bits per heavy atom. The number of aromatic nitrogens is 2. The van der Waals surface area contributed by atoms with Crippen LogP contribution in [0.4, 0.5) is 0 Å². The van der Waals surface area contributed by atoms with E-state index in [1.807, 2.05) is 0 Å². The van der Waals surface area contributed by atoms with Crippen LogP contribution in [0.2, 0.25) is 0 Å². The van der Waals surface area contributed by atoms with Crippen LogP contribution in [-0.2, 0) is 6.42 Å². The van der Waals surface area contributed by atoms with Crippen LogP contribution in [0, 0.1) is 0 Å². The quantitative estimate of drug-likeness (QED) is 0.732. The molecule has 0 bridgehead atoms. The Balaban J connectivity index is 2.63. The molecule has 1 atom stereocenters. The topological polar surface area (TPSA) is 64.9 Å². The molecule has 2 N–H and O–H groups in total. The maximum absolute atomic E-state index is 5.35. The van der Waals surface area contributed by atoms with E-state index < -0.39 is 0 Å². The fourth-order valence-corrected chi connectivity index (χ4v) is 0.876. The van der Waals surface area contributed by atoms with Gasteiger partial charge < -0.3 is 10.3 Å². The van der Waals surface area contributed by atoms with Gasteiger partial charge in [0.05, 0.1) is 0 Å². The van der Waals surface area contributed by atoms with Gasteiger partial charge in [0, 0.05) is 18.9 Å². The lowest BCUT2D eigenvalue weighted by Gasteiger charge is -1.98. The highest BCUT2D eigenvalue weighted by molar-refractivity contribution is 4.93. The normalized spacial score (nSPS) is 13.2. The maximum Gasteiger partial charge on any atom is 0.227 e. The van der Waals surface area contributed by atoms with E-state index in [2.05, 4.69) is 24.0 Å². The lowest BCUT2D eigenvalue weighted by Crippen LogP contribution is -2.03. The molecule has 1 rings (SSSR count). The predicted octanol–water partition coefficient (Wildman–Crippen LogP) is 1.08. The van der Waals surface area contributed by atoms with Crippen molar-refractivity contribution in [2.24, 2.45) is 5.73 Å². The molecule has 4 nitrogen and oxygen atoms in total. The highest BCUT2D eigenvalue weighted by Gasteiger charge is 2.10. The van der Waals surface area contributed by atoms with Gasteiger partial charge in [-0.05, 0) is 6.42 Å². The Labute approximate surface area is 72.1 Å². The molecule has 0 radical (unpaired) electrons. The minimum absolute atomic E-state index is 0.375. The van der Waals surface area contributed by atoms with Gasteiger partial charge in [-0.2, -0.15) is 4.98 Å². The van der Waals surface area contributed by atoms with Crippen LogP contribution < -0.4 is 5.73 Å². The summed E-state index contributed by atoms with van der Waals surface area (Å²) >= 11 is 0. The van der Waals surface area contributed by atoms with E-state index in [4.69, 9.17) is 10.3 Å². The van der Waals surface area contributed by atoms with Crippen LogP contribution in [0.1, 0.15) is 37.9 Å². The Kier molecular flexibility index (Phi) is 3.22. The van der Waals surface area contributed by atoms with E-state index in [1.54, 1.807) is 0 Å². The van der Waals surface area contributed by atoms with Gasteiger partial charge in [0.2, 0.25) is 5.89 Å². The molecular formula is C8H15N3O. The standard InChI is InChI=1S/C8H15N3O/c1-3-6(2)8-10-7(4-5-9)12-11-8/h6H,3-5,9H2,1-2H3. The molecule has 0 amide bonds. The molecule has 68 valence electrons. The number of hydrogen-bond donors (Lipinski definition) is 1. The second-order valence-corrected chi connectivity index (χ2v) is 2.89. The summed E-state index contributed by atoms with van der Waals surface area (Å²) in [6.45, 7) is 4.74. The van der Waals surface area contributed by atoms with Crippen LogP contribution in [0.25, 0.3) is 0 Å². The molecule has 0 saturated carbocycles. The molecule has 0 aliphatic heterocycles. The van der Waals surface area contributed by atoms with Gasteiger partial charge in [-0.3, -0.25) is 0 Å². The van der Waals surface area contributed by atoms with E-state index in [0.717, 1.165) is 12.2 Å². The minimum atomic E-state index is 0.375. The van der Waals surface area contributed by atoms with Crippen molar-refractivity contribution in [3.63, 3.8) is 0 Å². The first kappa shape index (κ1) is 9.19. The van der Waals surface area contributed by atoms with Crippen LogP contribution in [0.15, 0.2) is 4.52 Å². The Morgan fingerprint density at radius 2 is 2.33 bits per heavy atom. The molecule has 0 saturated heterocycles. The van der Waals surface area contributed by atoms with Crippen molar-refractivity contribution in [1.82, 2.24) is 10.1 Å². The van der Waals surface area contributed by atoms with Gasteiger partial charge in [-0.15, -0.1) is 0 Å². The van der Waals surface area contributed by atoms with E-state index in [9.17, 15) is 0 Å². The summed E-state index contributed by atoms with van der Waals surface area (Å²) in [6, 6.07) is 0. The zero-order valence-corrected chi connectivity index (χ0v) is 7.58. The van der Waals surface area contributed by atoms with Gasteiger partial charge >= 0.3 is 0 Å². The van der Waals surface area contributed by atoms with Crippen molar-refractivity contribution in [3.8, 4) is 0 Å². The lowest BCUT2D eigenvalue weighted by molar-refractivity contribution is 0.371. The molecule has 1 unspecified atom stereocenters. The molecule has 1 aromatic rings. The Morgan fingerprint density at radius 3 is 2.92 bits per heavy atom. The first-order valence-corrected chi connectivity index (χ1v) is 4.30. The lowest BCUT2D eigenvalue weighted by atomic mass is 10.1. The summed E-state index contributed by atoms with van der Waals surface area (Å²) in [7, 11) is 0. The van der Waals surface area contributed by atoms with Gasteiger partial charge in [-0.1, -0.05) is 19.0 Å². The zero-order chi connectivity index (χ0) is 8.97. The molecule has 0 aliphatic rings. The third-order valence-electron chi connectivity index (χ3n) is 1.90. The second-order valence-electron chi connectivity index (χ2n) is 2.89. The van der Waals surface area contributed by atoms with Crippen LogP contribution >= 0.6 is 0 Å². The third-order valence-corrected chi connectivity index (χ3v) is 1.90. The molecule has 1 heterocycles. The van der Waals surface area contributed by atoms with Crippen molar-refractivity contribution >= 4 is 0 Å². The van der Waals surface area contributed by atoms with E-state index >= 15 is 0 Å². The van der Waals surface area contributed by atoms with Crippen molar-refractivity contribution < 1.29 is 4.52 Å². The largest absolute Gasteiger partial charge is 0.339 e. The van der Waals surface area contributed by atoms with Gasteiger partial charge in [0.15, 0.2) is 5.82 Å². The monoisotopic (exact) mass is 169 g/mol. The molecule has 4 heteroatoms. The first-order valence-electron chi connectivity index (χ1n) is 4.30. The van der Waals surface area contributed by atoms with E-state index in [0.29, 0.717) is 24.8 Å². The average Bonchev–Trinajstić information content (AvgIpc) is 2.52. The number of rotatable bonds is 4. The third kappa shape index (κ3) is 2.04. The molecule has 12 heavy (non-hydrogen) atoms. The smallest absolute Gasteiger partial charge is 0.227 e. The van der Waals surface area contributed by atoms with Crippen LogP contribution in [0.3, 0.4) is 0 Å². The van der Waals surface area contributed by atoms with E-state index in [-0.39, 0.29) is 0 Å². The summed E-state index contributed by atoms with van der Waals surface area (Å²) < 4.78 is 4.99. The van der Waals surface area contributed by atoms with Gasteiger partial charge in [-0.25, -0.2) is 0 Å². The highest BCUT2D eigenvalue weighted by Crippen LogP contribution is 2.14. The van der Waals surface area contributed by atoms with Crippen molar-refractivity contribution in [1.29, 1.82) is 0 Å². The minimum Gasteiger partial charge on any atom is -0.339 e. The summed E-state index contributed by atoms with van der Waals surface area (Å²) in [4.78, 5) is 4.21. The molecule has 1 aromatic heterocycles. The van der Waals surface area contributed by atoms with Crippen molar-refractivity contribution in [2.45, 2.75) is 32.6 Å². The molecule has 0 spiro atoms. The summed E-state index contributed by atoms with van der Waals surface area (Å²) in [6.07, 6.45) is 1.70. The summed E-state index contributed by atoms with van der Waals surface area (Å²) in [5.41, 5.74) is 5.35. The van der Waals surface area contributed by atoms with Gasteiger partial charge in [0.1, 0.15) is 0 Å². The number of nitrogens with two attached hydrogens (primary N) is 1. The summed E-state index contributed by atoms with van der Waals surface area (Å²) in [5, 5.41) is 3.86. The molecule has 0 aromatic carbocycles. The maximum atomic E-state index is 5.35. The SMILES string of the molecule is CCC(C)c1noc(CCN)n1. The number of hydrogen-bond acceptors (Lipinski definition) is 4. The molecular weight excluding hydrogens is 154 g/mol. The van der Waals surface area contributed by atoms with Gasteiger partial charge in [0.25, 0.3) is 0 Å². The average molecular weight is 169 g/mol. The van der Waals surface area contributed by atoms with Crippen LogP contribution in [0.5, 0.6) is 0 Å². The second kappa shape index (κ2) is 4.21. The zero-order valence-electron chi connectivity index (χ0n) is 7.58. The van der Waals surface area contributed by atoms with E-state index in [1.165, 1.54) is 0 Å². The van der Waals surface area contributed by atoms with Crippen molar-refractivity contribution in [2.75, 3.05) is 6.54 Å². The summed E-state index contributed by atoms with van der Waals surface area (Å²) in [5.74, 6) is 1.81. The predicted molar refractivity (Wildman–Crippen MR) is 45.8 cm³/mol. The molecule has 0 fully saturated rings. The fraction of sp³-hybridized carbons (Fsp3) is 0.750. The Bertz CT molecular complexity index is 234. The fourth-order valence-electron chi connectivity index (χ4n) is 0.876. The Hall–Kier alpha value is -0.900. The van der Waals surface area contributed by atoms with Crippen molar-refractivity contribution in [3.05, 3.63) is 11.7 Å². The highest BCUT2D eigenvalue weighted by atomic mass is 16.5. The first-order chi connectivity index (χ1) is 5.77.